The van der Waals surface area contributed by atoms with Crippen molar-refractivity contribution in [1.82, 2.24) is 0 Å². The Morgan fingerprint density at radius 2 is 1.93 bits per heavy atom. The lowest BCUT2D eigenvalue weighted by molar-refractivity contribution is 0.473. The van der Waals surface area contributed by atoms with Crippen LogP contribution in [0.15, 0.2) is 24.3 Å². The minimum atomic E-state index is 0.352. The molecule has 1 N–H and O–H groups in total. The molecule has 76 valence electrons. The number of benzene rings is 1. The van der Waals surface area contributed by atoms with Crippen molar-refractivity contribution in [1.29, 1.82) is 0 Å². The van der Waals surface area contributed by atoms with Crippen molar-refractivity contribution < 1.29 is 5.11 Å². The monoisotopic (exact) mass is 254 g/mol. The number of aromatic hydroxyl groups is 1. The fourth-order valence-corrected chi connectivity index (χ4v) is 2.52. The van der Waals surface area contributed by atoms with Crippen LogP contribution in [-0.2, 0) is 6.42 Å². The molecular weight excluding hydrogens is 240 g/mol. The van der Waals surface area contributed by atoms with Crippen LogP contribution in [0.3, 0.4) is 0 Å². The second-order valence-electron chi connectivity index (χ2n) is 4.32. The lowest BCUT2D eigenvalue weighted by Crippen LogP contribution is -2.14. The van der Waals surface area contributed by atoms with Crippen LogP contribution in [0.25, 0.3) is 0 Å². The Morgan fingerprint density at radius 1 is 1.36 bits per heavy atom. The van der Waals surface area contributed by atoms with E-state index in [0.717, 1.165) is 6.42 Å². The van der Waals surface area contributed by atoms with Gasteiger partial charge in [-0.25, -0.2) is 0 Å². The van der Waals surface area contributed by atoms with Gasteiger partial charge >= 0.3 is 0 Å². The van der Waals surface area contributed by atoms with E-state index in [1.165, 1.54) is 18.4 Å². The maximum Gasteiger partial charge on any atom is 0.115 e. The highest BCUT2D eigenvalue weighted by Gasteiger charge is 2.45. The summed E-state index contributed by atoms with van der Waals surface area (Å²) < 4.78 is 0. The van der Waals surface area contributed by atoms with Crippen molar-refractivity contribution in [2.45, 2.75) is 31.0 Å². The highest BCUT2D eigenvalue weighted by molar-refractivity contribution is 9.09. The van der Waals surface area contributed by atoms with Gasteiger partial charge in [0.25, 0.3) is 0 Å². The molecule has 1 fully saturated rings. The molecule has 1 aromatic carbocycles. The topological polar surface area (TPSA) is 20.2 Å². The van der Waals surface area contributed by atoms with Crippen LogP contribution in [0, 0.1) is 5.41 Å². The summed E-state index contributed by atoms with van der Waals surface area (Å²) in [6, 6.07) is 7.57. The van der Waals surface area contributed by atoms with Gasteiger partial charge in [0.1, 0.15) is 5.75 Å². The molecule has 0 heterocycles. The fraction of sp³-hybridized carbons (Fsp3) is 0.500. The molecule has 1 aliphatic rings. The first-order valence-electron chi connectivity index (χ1n) is 5.04. The molecule has 0 spiro atoms. The standard InChI is InChI=1S/C12H15BrO/c1-9(13)12(6-7-12)8-10-2-4-11(14)5-3-10/h2-5,9,14H,6-8H2,1H3. The van der Waals surface area contributed by atoms with Gasteiger partial charge < -0.3 is 5.11 Å². The molecule has 1 saturated carbocycles. The summed E-state index contributed by atoms with van der Waals surface area (Å²) in [5, 5.41) is 9.17. The second kappa shape index (κ2) is 3.58. The maximum atomic E-state index is 9.17. The molecule has 14 heavy (non-hydrogen) atoms. The molecular formula is C12H15BrO. The number of phenols is 1. The van der Waals surface area contributed by atoms with Gasteiger partial charge in [-0.05, 0) is 42.4 Å². The molecule has 1 atom stereocenters. The Bertz CT molecular complexity index is 312. The number of phenolic OH excluding ortho intramolecular Hbond substituents is 1. The largest absolute Gasteiger partial charge is 0.508 e. The van der Waals surface area contributed by atoms with Crippen molar-refractivity contribution in [3.8, 4) is 5.75 Å². The molecule has 0 radical (unpaired) electrons. The van der Waals surface area contributed by atoms with Crippen LogP contribution in [0.1, 0.15) is 25.3 Å². The van der Waals surface area contributed by atoms with Crippen LogP contribution in [0.2, 0.25) is 0 Å². The quantitative estimate of drug-likeness (QED) is 0.819. The van der Waals surface area contributed by atoms with Gasteiger partial charge in [0.2, 0.25) is 0 Å². The van der Waals surface area contributed by atoms with Crippen molar-refractivity contribution in [2.75, 3.05) is 0 Å². The molecule has 0 bridgehead atoms. The lowest BCUT2D eigenvalue weighted by Gasteiger charge is -2.17. The highest BCUT2D eigenvalue weighted by atomic mass is 79.9. The molecule has 1 unspecified atom stereocenters. The Kier molecular flexibility index (Phi) is 2.56. The first-order valence-corrected chi connectivity index (χ1v) is 5.96. The summed E-state index contributed by atoms with van der Waals surface area (Å²) in [5.74, 6) is 0.352. The first kappa shape index (κ1) is 10.0. The summed E-state index contributed by atoms with van der Waals surface area (Å²) in [5.41, 5.74) is 1.81. The highest BCUT2D eigenvalue weighted by Crippen LogP contribution is 2.53. The second-order valence-corrected chi connectivity index (χ2v) is 5.70. The van der Waals surface area contributed by atoms with Crippen molar-refractivity contribution in [3.05, 3.63) is 29.8 Å². The minimum absolute atomic E-state index is 0.352. The Balaban J connectivity index is 2.08. The summed E-state index contributed by atoms with van der Waals surface area (Å²) in [7, 11) is 0. The Labute approximate surface area is 93.3 Å². The molecule has 0 aliphatic heterocycles. The summed E-state index contributed by atoms with van der Waals surface area (Å²) in [6.45, 7) is 2.23. The van der Waals surface area contributed by atoms with E-state index in [9.17, 15) is 5.11 Å². The normalized spacial score (nSPS) is 20.4. The number of alkyl halides is 1. The average molecular weight is 255 g/mol. The van der Waals surface area contributed by atoms with Crippen LogP contribution in [0.5, 0.6) is 5.75 Å². The van der Waals surface area contributed by atoms with Gasteiger partial charge in [-0.2, -0.15) is 0 Å². The van der Waals surface area contributed by atoms with Gasteiger partial charge in [0.15, 0.2) is 0 Å². The molecule has 2 rings (SSSR count). The van der Waals surface area contributed by atoms with Crippen molar-refractivity contribution >= 4 is 15.9 Å². The summed E-state index contributed by atoms with van der Waals surface area (Å²) >= 11 is 3.68. The minimum Gasteiger partial charge on any atom is -0.508 e. The van der Waals surface area contributed by atoms with Gasteiger partial charge in [-0.15, -0.1) is 0 Å². The molecule has 0 amide bonds. The van der Waals surface area contributed by atoms with Gasteiger partial charge in [-0.1, -0.05) is 35.0 Å². The summed E-state index contributed by atoms with van der Waals surface area (Å²) in [4.78, 5) is 0.587. The zero-order valence-corrected chi connectivity index (χ0v) is 9.92. The van der Waals surface area contributed by atoms with E-state index in [-0.39, 0.29) is 0 Å². The lowest BCUT2D eigenvalue weighted by atomic mass is 9.94. The smallest absolute Gasteiger partial charge is 0.115 e. The predicted molar refractivity (Wildman–Crippen MR) is 61.9 cm³/mol. The molecule has 1 aromatic rings. The third kappa shape index (κ3) is 1.95. The first-order chi connectivity index (χ1) is 6.62. The van der Waals surface area contributed by atoms with Crippen LogP contribution >= 0.6 is 15.9 Å². The van der Waals surface area contributed by atoms with Crippen LogP contribution < -0.4 is 0 Å². The van der Waals surface area contributed by atoms with E-state index in [1.807, 2.05) is 12.1 Å². The van der Waals surface area contributed by atoms with E-state index >= 15 is 0 Å². The predicted octanol–water partition coefficient (Wildman–Crippen LogP) is 3.50. The Morgan fingerprint density at radius 3 is 2.36 bits per heavy atom. The van der Waals surface area contributed by atoms with E-state index in [0.29, 0.717) is 16.0 Å². The van der Waals surface area contributed by atoms with E-state index in [2.05, 4.69) is 22.9 Å². The SMILES string of the molecule is CC(Br)C1(Cc2ccc(O)cc2)CC1. The van der Waals surface area contributed by atoms with Crippen molar-refractivity contribution in [2.24, 2.45) is 5.41 Å². The molecule has 0 aromatic heterocycles. The van der Waals surface area contributed by atoms with E-state index in [1.54, 1.807) is 12.1 Å². The Hall–Kier alpha value is -0.500. The molecule has 2 heteroatoms. The molecule has 0 saturated heterocycles. The van der Waals surface area contributed by atoms with E-state index < -0.39 is 0 Å². The van der Waals surface area contributed by atoms with Crippen LogP contribution in [-0.4, -0.2) is 9.93 Å². The van der Waals surface area contributed by atoms with Gasteiger partial charge in [-0.3, -0.25) is 0 Å². The maximum absolute atomic E-state index is 9.17. The number of rotatable bonds is 3. The number of hydrogen-bond donors (Lipinski definition) is 1. The third-order valence-corrected chi connectivity index (χ3v) is 4.20. The molecule has 1 aliphatic carbocycles. The third-order valence-electron chi connectivity index (χ3n) is 3.23. The van der Waals surface area contributed by atoms with E-state index in [4.69, 9.17) is 0 Å². The zero-order chi connectivity index (χ0) is 10.2. The number of halogens is 1. The van der Waals surface area contributed by atoms with Crippen LogP contribution in [0.4, 0.5) is 0 Å². The van der Waals surface area contributed by atoms with Gasteiger partial charge in [0, 0.05) is 4.83 Å². The molecule has 1 nitrogen and oxygen atoms in total. The fourth-order valence-electron chi connectivity index (χ4n) is 1.90. The number of hydrogen-bond acceptors (Lipinski definition) is 1. The summed E-state index contributed by atoms with van der Waals surface area (Å²) in [6.07, 6.45) is 3.76. The zero-order valence-electron chi connectivity index (χ0n) is 8.33. The van der Waals surface area contributed by atoms with Crippen molar-refractivity contribution in [3.63, 3.8) is 0 Å². The van der Waals surface area contributed by atoms with Gasteiger partial charge in [0.05, 0.1) is 0 Å². The average Bonchev–Trinajstić information content (AvgIpc) is 2.90.